The van der Waals surface area contributed by atoms with E-state index < -0.39 is 0 Å². The van der Waals surface area contributed by atoms with Gasteiger partial charge in [0.2, 0.25) is 0 Å². The first-order chi connectivity index (χ1) is 22.3. The smallest absolute Gasteiger partial charge is 0.509 e. The van der Waals surface area contributed by atoms with E-state index in [1.165, 1.54) is 16.7 Å². The minimum Gasteiger partial charge on any atom is -0.509 e. The third-order valence-corrected chi connectivity index (χ3v) is 8.27. The molecule has 4 aromatic carbocycles. The Morgan fingerprint density at radius 2 is 1.49 bits per heavy atom. The van der Waals surface area contributed by atoms with Crippen LogP contribution in [0.5, 0.6) is 11.5 Å². The van der Waals surface area contributed by atoms with E-state index in [0.29, 0.717) is 23.3 Å². The van der Waals surface area contributed by atoms with Gasteiger partial charge in [0, 0.05) is 35.0 Å². The second-order valence-corrected chi connectivity index (χ2v) is 13.0. The van der Waals surface area contributed by atoms with Crippen molar-refractivity contribution in [2.24, 2.45) is 11.8 Å². The molecule has 0 aliphatic carbocycles. The molecule has 0 spiro atoms. The number of fused-ring (bicyclic) bond motifs is 3. The molecule has 0 atom stereocenters. The molecule has 238 valence electrons. The number of pyridine rings is 1. The first-order valence-corrected chi connectivity index (χ1v) is 16.1. The van der Waals surface area contributed by atoms with Gasteiger partial charge in [0.1, 0.15) is 5.82 Å². The molecule has 0 saturated carbocycles. The van der Waals surface area contributed by atoms with Crippen LogP contribution in [0.15, 0.2) is 104 Å². The van der Waals surface area contributed by atoms with Crippen LogP contribution in [-0.2, 0) is 33.9 Å². The molecule has 0 aliphatic heterocycles. The van der Waals surface area contributed by atoms with Crippen LogP contribution in [-0.4, -0.2) is 19.3 Å². The normalized spacial score (nSPS) is 11.5. The van der Waals surface area contributed by atoms with Gasteiger partial charge in [-0.15, -0.1) is 35.7 Å². The van der Waals surface area contributed by atoms with Gasteiger partial charge in [-0.3, -0.25) is 4.68 Å². The van der Waals surface area contributed by atoms with Gasteiger partial charge in [-0.25, -0.2) is 4.98 Å². The van der Waals surface area contributed by atoms with Crippen molar-refractivity contribution >= 4 is 21.8 Å². The van der Waals surface area contributed by atoms with Crippen LogP contribution in [0.2, 0.25) is 0 Å². The van der Waals surface area contributed by atoms with E-state index in [-0.39, 0.29) is 21.1 Å². The first-order valence-electron chi connectivity index (χ1n) is 16.1. The summed E-state index contributed by atoms with van der Waals surface area (Å²) in [7, 11) is 0. The Labute approximate surface area is 291 Å². The molecule has 0 radical (unpaired) electrons. The van der Waals surface area contributed by atoms with Gasteiger partial charge in [0.05, 0.1) is 6.20 Å². The molecule has 7 aromatic rings. The zero-order valence-electron chi connectivity index (χ0n) is 27.4. The maximum atomic E-state index is 6.39. The van der Waals surface area contributed by atoms with Gasteiger partial charge in [0.25, 0.3) is 0 Å². The molecule has 0 saturated heterocycles. The molecule has 0 aliphatic rings. The summed E-state index contributed by atoms with van der Waals surface area (Å²) in [5.41, 5.74) is 9.15. The van der Waals surface area contributed by atoms with Crippen molar-refractivity contribution in [2.45, 2.75) is 47.5 Å². The van der Waals surface area contributed by atoms with Crippen LogP contribution in [0.3, 0.4) is 0 Å². The van der Waals surface area contributed by atoms with Crippen LogP contribution in [0.4, 0.5) is 0 Å². The van der Waals surface area contributed by atoms with Crippen molar-refractivity contribution in [3.63, 3.8) is 0 Å². The maximum absolute atomic E-state index is 6.39. The number of aromatic nitrogens is 4. The van der Waals surface area contributed by atoms with E-state index in [1.807, 2.05) is 47.4 Å². The summed E-state index contributed by atoms with van der Waals surface area (Å²) >= 11 is 0. The molecule has 6 heteroatoms. The van der Waals surface area contributed by atoms with Crippen molar-refractivity contribution in [3.05, 3.63) is 132 Å². The van der Waals surface area contributed by atoms with Crippen LogP contribution in [0.25, 0.3) is 44.4 Å². The minimum atomic E-state index is 0. The van der Waals surface area contributed by atoms with Gasteiger partial charge in [-0.1, -0.05) is 69.6 Å². The summed E-state index contributed by atoms with van der Waals surface area (Å²) in [6, 6.07) is 36.2. The molecule has 0 amide bonds. The van der Waals surface area contributed by atoms with Gasteiger partial charge in [-0.05, 0) is 83.1 Å². The third kappa shape index (κ3) is 6.68. The zero-order valence-corrected chi connectivity index (χ0v) is 29.7. The fourth-order valence-corrected chi connectivity index (χ4v) is 6.39. The van der Waals surface area contributed by atoms with Gasteiger partial charge < -0.3 is 9.30 Å². The summed E-state index contributed by atoms with van der Waals surface area (Å²) in [5.74, 6) is 3.20. The van der Waals surface area contributed by atoms with Crippen LogP contribution >= 0.6 is 0 Å². The third-order valence-electron chi connectivity index (χ3n) is 8.27. The number of hydrogen-bond acceptors (Lipinski definition) is 3. The zero-order chi connectivity index (χ0) is 31.8. The van der Waals surface area contributed by atoms with Gasteiger partial charge in [-0.2, -0.15) is 17.2 Å². The van der Waals surface area contributed by atoms with E-state index in [1.54, 1.807) is 0 Å². The molecule has 3 aromatic heterocycles. The number of ether oxygens (including phenoxy) is 1. The summed E-state index contributed by atoms with van der Waals surface area (Å²) in [6.45, 7) is 11.2. The van der Waals surface area contributed by atoms with Crippen LogP contribution < -0.4 is 4.74 Å². The number of hydrogen-bond donors (Lipinski definition) is 0. The van der Waals surface area contributed by atoms with Crippen LogP contribution in [0.1, 0.15) is 44.4 Å². The molecular weight excluding hydrogens is 760 g/mol. The maximum Gasteiger partial charge on any atom is 2.00 e. The number of para-hydroxylation sites is 1. The Hall–Kier alpha value is -4.47. The molecular formula is C41H38N4OPt. The Kier molecular flexibility index (Phi) is 9.47. The van der Waals surface area contributed by atoms with Crippen molar-refractivity contribution in [1.82, 2.24) is 19.3 Å². The summed E-state index contributed by atoms with van der Waals surface area (Å²) in [4.78, 5) is 4.69. The largest absolute Gasteiger partial charge is 2.00 e. The molecule has 0 unspecified atom stereocenters. The fourth-order valence-electron chi connectivity index (χ4n) is 6.39. The first kappa shape index (κ1) is 32.5. The van der Waals surface area contributed by atoms with Gasteiger partial charge in [0.15, 0.2) is 0 Å². The summed E-state index contributed by atoms with van der Waals surface area (Å²) in [6.07, 6.45) is 8.00. The minimum absolute atomic E-state index is 0. The average molecular weight is 798 g/mol. The van der Waals surface area contributed by atoms with Crippen molar-refractivity contribution in [3.8, 4) is 34.1 Å². The number of aryl methyl sites for hydroxylation is 1. The topological polar surface area (TPSA) is 44.9 Å². The predicted octanol–water partition coefficient (Wildman–Crippen LogP) is 10.1. The van der Waals surface area contributed by atoms with Crippen molar-refractivity contribution in [1.29, 1.82) is 0 Å². The summed E-state index contributed by atoms with van der Waals surface area (Å²) < 4.78 is 10.4. The second-order valence-electron chi connectivity index (χ2n) is 13.0. The molecule has 0 N–H and O–H groups in total. The quantitative estimate of drug-likeness (QED) is 0.137. The molecule has 3 heterocycles. The molecule has 0 bridgehead atoms. The van der Waals surface area contributed by atoms with E-state index >= 15 is 0 Å². The van der Waals surface area contributed by atoms with E-state index in [4.69, 9.17) is 9.84 Å². The molecule has 5 nitrogen and oxygen atoms in total. The SMILES string of the molecule is Cc1ccnc(-n2c3[c-]c(Oc4[c-]c(-n5cc(-c6c(CC(C)C)cccc6CC(C)C)cn5)ccc4)ccc3c3ccccc32)c1.[Pt+2]. The van der Waals surface area contributed by atoms with Crippen LogP contribution in [0, 0.1) is 30.9 Å². The molecule has 0 fully saturated rings. The summed E-state index contributed by atoms with van der Waals surface area (Å²) in [5, 5.41) is 7.03. The number of benzene rings is 4. The Morgan fingerprint density at radius 3 is 2.23 bits per heavy atom. The second kappa shape index (κ2) is 13.7. The number of rotatable bonds is 9. The van der Waals surface area contributed by atoms with E-state index in [0.717, 1.165) is 57.3 Å². The standard InChI is InChI=1S/C41H38N4O.Pt/c1-27(2)20-30-10-8-11-31(21-28(3)4)41(30)32-25-43-44(26-32)33-12-9-13-34(23-33)46-35-16-17-37-36-14-6-7-15-38(36)45(39(37)24-35)40-22-29(5)18-19-42-40;/h6-19,22,25-28H,20-21H2,1-5H3;/q-2;+2. The number of nitrogens with zero attached hydrogens (tertiary/aromatic N) is 4. The average Bonchev–Trinajstić information content (AvgIpc) is 3.64. The fraction of sp³-hybridized carbons (Fsp3) is 0.220. The van der Waals surface area contributed by atoms with Crippen molar-refractivity contribution < 1.29 is 25.8 Å². The Bertz CT molecular complexity index is 2150. The van der Waals surface area contributed by atoms with E-state index in [2.05, 4.69) is 117 Å². The van der Waals surface area contributed by atoms with Crippen molar-refractivity contribution in [2.75, 3.05) is 0 Å². The predicted molar refractivity (Wildman–Crippen MR) is 187 cm³/mol. The monoisotopic (exact) mass is 797 g/mol. The molecule has 47 heavy (non-hydrogen) atoms. The van der Waals surface area contributed by atoms with E-state index in [9.17, 15) is 0 Å². The Balaban J connectivity index is 0.00000386. The molecule has 7 rings (SSSR count). The Morgan fingerprint density at radius 1 is 0.766 bits per heavy atom. The van der Waals surface area contributed by atoms with Gasteiger partial charge >= 0.3 is 21.1 Å².